The standard InChI is InChI=1S/C16H19NO4/c18-15(17-13-7-3-6-12(13)16(19)20)14-11-5-2-1-4-10(11)8-9-21-14/h1-2,4-5,12-14H,3,6-9H2,(H,17,18)(H,19,20)/t12-,13-,14-/m1/s1. The number of ether oxygens (including phenoxy) is 1. The number of aliphatic carboxylic acids is 1. The van der Waals surface area contributed by atoms with Crippen molar-refractivity contribution in [3.05, 3.63) is 35.4 Å². The molecule has 1 fully saturated rings. The van der Waals surface area contributed by atoms with E-state index >= 15 is 0 Å². The summed E-state index contributed by atoms with van der Waals surface area (Å²) in [6, 6.07) is 7.48. The smallest absolute Gasteiger partial charge is 0.308 e. The summed E-state index contributed by atoms with van der Waals surface area (Å²) in [5.74, 6) is -1.53. The number of carboxylic acids is 1. The van der Waals surface area contributed by atoms with Gasteiger partial charge in [-0.2, -0.15) is 0 Å². The number of hydrogen-bond donors (Lipinski definition) is 2. The lowest BCUT2D eigenvalue weighted by Crippen LogP contribution is -2.43. The Morgan fingerprint density at radius 1 is 1.24 bits per heavy atom. The molecule has 1 aliphatic heterocycles. The molecule has 0 bridgehead atoms. The van der Waals surface area contributed by atoms with Gasteiger partial charge < -0.3 is 15.2 Å². The van der Waals surface area contributed by atoms with E-state index in [4.69, 9.17) is 4.74 Å². The fraction of sp³-hybridized carbons (Fsp3) is 0.500. The van der Waals surface area contributed by atoms with Crippen LogP contribution >= 0.6 is 0 Å². The summed E-state index contributed by atoms with van der Waals surface area (Å²) in [5, 5.41) is 12.1. The molecule has 1 heterocycles. The molecular formula is C16H19NO4. The summed E-state index contributed by atoms with van der Waals surface area (Å²) < 4.78 is 5.61. The maximum absolute atomic E-state index is 12.5. The Morgan fingerprint density at radius 3 is 2.86 bits per heavy atom. The molecule has 0 radical (unpaired) electrons. The summed E-state index contributed by atoms with van der Waals surface area (Å²) in [7, 11) is 0. The number of carboxylic acid groups (broad SMARTS) is 1. The number of hydrogen-bond acceptors (Lipinski definition) is 3. The summed E-state index contributed by atoms with van der Waals surface area (Å²) in [6.07, 6.45) is 2.37. The Kier molecular flexibility index (Phi) is 3.92. The van der Waals surface area contributed by atoms with E-state index in [1.807, 2.05) is 24.3 Å². The average Bonchev–Trinajstić information content (AvgIpc) is 2.95. The van der Waals surface area contributed by atoms with Crippen molar-refractivity contribution in [3.63, 3.8) is 0 Å². The van der Waals surface area contributed by atoms with E-state index in [1.165, 1.54) is 0 Å². The van der Waals surface area contributed by atoms with E-state index in [0.717, 1.165) is 30.4 Å². The fourth-order valence-electron chi connectivity index (χ4n) is 3.30. The van der Waals surface area contributed by atoms with Gasteiger partial charge in [0.25, 0.3) is 5.91 Å². The number of carbonyl (C=O) groups is 2. The average molecular weight is 289 g/mol. The van der Waals surface area contributed by atoms with Crippen molar-refractivity contribution < 1.29 is 19.4 Å². The lowest BCUT2D eigenvalue weighted by molar-refractivity contribution is -0.143. The van der Waals surface area contributed by atoms with Crippen molar-refractivity contribution in [3.8, 4) is 0 Å². The van der Waals surface area contributed by atoms with Gasteiger partial charge in [0.15, 0.2) is 6.10 Å². The molecule has 3 rings (SSSR count). The second-order valence-corrected chi connectivity index (χ2v) is 5.69. The Labute approximate surface area is 123 Å². The molecule has 21 heavy (non-hydrogen) atoms. The number of benzene rings is 1. The van der Waals surface area contributed by atoms with Crippen LogP contribution in [0.4, 0.5) is 0 Å². The highest BCUT2D eigenvalue weighted by atomic mass is 16.5. The molecule has 1 amide bonds. The Hall–Kier alpha value is -1.88. The molecule has 1 saturated carbocycles. The Balaban J connectivity index is 1.73. The second kappa shape index (κ2) is 5.85. The third kappa shape index (κ3) is 2.78. The normalized spacial score (nSPS) is 27.9. The zero-order chi connectivity index (χ0) is 14.8. The predicted octanol–water partition coefficient (Wildman–Crippen LogP) is 1.67. The minimum Gasteiger partial charge on any atom is -0.481 e. The van der Waals surface area contributed by atoms with Crippen LogP contribution in [0.5, 0.6) is 0 Å². The molecule has 112 valence electrons. The molecule has 3 atom stereocenters. The summed E-state index contributed by atoms with van der Waals surface area (Å²) in [4.78, 5) is 23.6. The van der Waals surface area contributed by atoms with E-state index in [2.05, 4.69) is 5.32 Å². The largest absolute Gasteiger partial charge is 0.481 e. The first-order valence-electron chi connectivity index (χ1n) is 7.39. The Morgan fingerprint density at radius 2 is 2.05 bits per heavy atom. The molecule has 2 aliphatic rings. The van der Waals surface area contributed by atoms with Crippen LogP contribution in [0.25, 0.3) is 0 Å². The third-order valence-electron chi connectivity index (χ3n) is 4.39. The summed E-state index contributed by atoms with van der Waals surface area (Å²) >= 11 is 0. The van der Waals surface area contributed by atoms with Crippen molar-refractivity contribution in [2.75, 3.05) is 6.61 Å². The van der Waals surface area contributed by atoms with Crippen molar-refractivity contribution in [2.24, 2.45) is 5.92 Å². The summed E-state index contributed by atoms with van der Waals surface area (Å²) in [5.41, 5.74) is 2.02. The minimum atomic E-state index is -0.831. The molecule has 1 aromatic rings. The van der Waals surface area contributed by atoms with Gasteiger partial charge >= 0.3 is 5.97 Å². The van der Waals surface area contributed by atoms with Crippen LogP contribution in [0.15, 0.2) is 24.3 Å². The van der Waals surface area contributed by atoms with Crippen LogP contribution in [0, 0.1) is 5.92 Å². The molecule has 5 nitrogen and oxygen atoms in total. The highest BCUT2D eigenvalue weighted by molar-refractivity contribution is 5.84. The van der Waals surface area contributed by atoms with Gasteiger partial charge in [-0.1, -0.05) is 30.7 Å². The molecule has 5 heteroatoms. The number of nitrogens with one attached hydrogen (secondary N) is 1. The van der Waals surface area contributed by atoms with Gasteiger partial charge in [0.2, 0.25) is 0 Å². The van der Waals surface area contributed by atoms with Gasteiger partial charge in [0.1, 0.15) is 0 Å². The van der Waals surface area contributed by atoms with Gasteiger partial charge in [0.05, 0.1) is 12.5 Å². The molecule has 0 spiro atoms. The molecule has 0 unspecified atom stereocenters. The van der Waals surface area contributed by atoms with Gasteiger partial charge in [-0.15, -0.1) is 0 Å². The van der Waals surface area contributed by atoms with Crippen LogP contribution in [-0.2, 0) is 20.7 Å². The van der Waals surface area contributed by atoms with Crippen LogP contribution in [-0.4, -0.2) is 29.6 Å². The predicted molar refractivity (Wildman–Crippen MR) is 75.7 cm³/mol. The first kappa shape index (κ1) is 14.1. The Bertz CT molecular complexity index is 557. The molecular weight excluding hydrogens is 270 g/mol. The lowest BCUT2D eigenvalue weighted by Gasteiger charge is -2.27. The first-order valence-corrected chi connectivity index (χ1v) is 7.39. The van der Waals surface area contributed by atoms with Crippen LogP contribution in [0.1, 0.15) is 36.5 Å². The number of carbonyl (C=O) groups excluding carboxylic acids is 1. The highest BCUT2D eigenvalue weighted by Gasteiger charge is 2.36. The fourth-order valence-corrected chi connectivity index (χ4v) is 3.30. The molecule has 2 N–H and O–H groups in total. The van der Waals surface area contributed by atoms with Crippen LogP contribution < -0.4 is 5.32 Å². The maximum Gasteiger partial charge on any atom is 0.308 e. The van der Waals surface area contributed by atoms with Crippen molar-refractivity contribution in [2.45, 2.75) is 37.8 Å². The number of amides is 1. The topological polar surface area (TPSA) is 75.6 Å². The first-order chi connectivity index (χ1) is 10.2. The monoisotopic (exact) mass is 289 g/mol. The maximum atomic E-state index is 12.5. The quantitative estimate of drug-likeness (QED) is 0.887. The highest BCUT2D eigenvalue weighted by Crippen LogP contribution is 2.30. The summed E-state index contributed by atoms with van der Waals surface area (Å²) in [6.45, 7) is 0.516. The second-order valence-electron chi connectivity index (χ2n) is 5.69. The minimum absolute atomic E-state index is 0.222. The molecule has 1 aliphatic carbocycles. The van der Waals surface area contributed by atoms with Crippen molar-refractivity contribution in [1.29, 1.82) is 0 Å². The SMILES string of the molecule is O=C(N[C@@H]1CCC[C@H]1C(=O)O)[C@@H]1OCCc2ccccc21. The van der Waals surface area contributed by atoms with Crippen LogP contribution in [0.2, 0.25) is 0 Å². The van der Waals surface area contributed by atoms with E-state index in [9.17, 15) is 14.7 Å². The zero-order valence-electron chi connectivity index (χ0n) is 11.7. The van der Waals surface area contributed by atoms with Gasteiger partial charge in [0, 0.05) is 6.04 Å². The van der Waals surface area contributed by atoms with E-state index in [-0.39, 0.29) is 11.9 Å². The van der Waals surface area contributed by atoms with Gasteiger partial charge in [-0.3, -0.25) is 9.59 Å². The van der Waals surface area contributed by atoms with E-state index < -0.39 is 18.0 Å². The lowest BCUT2D eigenvalue weighted by atomic mass is 9.96. The van der Waals surface area contributed by atoms with Crippen LogP contribution in [0.3, 0.4) is 0 Å². The van der Waals surface area contributed by atoms with Gasteiger partial charge in [-0.25, -0.2) is 0 Å². The molecule has 1 aromatic carbocycles. The zero-order valence-corrected chi connectivity index (χ0v) is 11.7. The van der Waals surface area contributed by atoms with Crippen molar-refractivity contribution >= 4 is 11.9 Å². The molecule has 0 saturated heterocycles. The van der Waals surface area contributed by atoms with Gasteiger partial charge in [-0.05, 0) is 30.4 Å². The van der Waals surface area contributed by atoms with Crippen molar-refractivity contribution in [1.82, 2.24) is 5.32 Å². The molecule has 0 aromatic heterocycles. The number of fused-ring (bicyclic) bond motifs is 1. The number of rotatable bonds is 3. The van der Waals surface area contributed by atoms with E-state index in [0.29, 0.717) is 13.0 Å². The third-order valence-corrected chi connectivity index (χ3v) is 4.39. The van der Waals surface area contributed by atoms with E-state index in [1.54, 1.807) is 0 Å².